The fraction of sp³-hybridized carbons (Fsp3) is 0.857. The first kappa shape index (κ1) is 21.9. The number of nitrogens with one attached hydrogen (secondary N) is 1. The molecule has 8 nitrogen and oxygen atoms in total. The van der Waals surface area contributed by atoms with E-state index < -0.39 is 23.8 Å². The number of fused-ring (bicyclic) bond motifs is 1. The normalized spacial score (nSPS) is 29.6. The summed E-state index contributed by atoms with van der Waals surface area (Å²) in [7, 11) is 1.35. The molecule has 2 saturated heterocycles. The number of methoxy groups -OCH3 is 1. The highest BCUT2D eigenvalue weighted by Gasteiger charge is 2.70. The van der Waals surface area contributed by atoms with Gasteiger partial charge in [-0.2, -0.15) is 0 Å². The van der Waals surface area contributed by atoms with Crippen LogP contribution in [0.15, 0.2) is 0 Å². The van der Waals surface area contributed by atoms with Crippen LogP contribution in [0.4, 0.5) is 4.79 Å². The van der Waals surface area contributed by atoms with Gasteiger partial charge in [0, 0.05) is 25.7 Å². The van der Waals surface area contributed by atoms with Crippen molar-refractivity contribution in [2.75, 3.05) is 26.9 Å². The Labute approximate surface area is 172 Å². The Morgan fingerprint density at radius 3 is 2.34 bits per heavy atom. The number of carbonyl (C=O) groups excluding carboxylic acids is 3. The minimum Gasteiger partial charge on any atom is -0.467 e. The molecule has 0 radical (unpaired) electrons. The molecule has 164 valence electrons. The molecule has 3 rings (SSSR count). The van der Waals surface area contributed by atoms with Gasteiger partial charge in [0.25, 0.3) is 0 Å². The van der Waals surface area contributed by atoms with Crippen LogP contribution < -0.4 is 5.32 Å². The number of esters is 1. The van der Waals surface area contributed by atoms with Gasteiger partial charge in [0.1, 0.15) is 17.7 Å². The molecule has 2 amide bonds. The van der Waals surface area contributed by atoms with Crippen molar-refractivity contribution >= 4 is 18.0 Å². The fourth-order valence-electron chi connectivity index (χ4n) is 4.95. The van der Waals surface area contributed by atoms with Crippen LogP contribution in [0.1, 0.15) is 47.5 Å². The number of ether oxygens (including phenoxy) is 3. The lowest BCUT2D eigenvalue weighted by molar-refractivity contribution is -0.154. The molecule has 2 heterocycles. The van der Waals surface area contributed by atoms with Crippen molar-refractivity contribution in [2.24, 2.45) is 23.2 Å². The summed E-state index contributed by atoms with van der Waals surface area (Å²) >= 11 is 0. The van der Waals surface area contributed by atoms with Crippen molar-refractivity contribution in [3.8, 4) is 0 Å². The maximum Gasteiger partial charge on any atom is 0.408 e. The summed E-state index contributed by atoms with van der Waals surface area (Å²) < 4.78 is 15.8. The highest BCUT2D eigenvalue weighted by Crippen LogP contribution is 2.65. The Balaban J connectivity index is 1.80. The van der Waals surface area contributed by atoms with E-state index in [2.05, 4.69) is 19.2 Å². The topological polar surface area (TPSA) is 94.2 Å². The molecule has 8 heteroatoms. The van der Waals surface area contributed by atoms with E-state index in [1.165, 1.54) is 7.11 Å². The Hall–Kier alpha value is -1.83. The molecule has 1 N–H and O–H groups in total. The van der Waals surface area contributed by atoms with Gasteiger partial charge in [0.05, 0.1) is 7.11 Å². The van der Waals surface area contributed by atoms with Gasteiger partial charge >= 0.3 is 12.1 Å². The number of hydrogen-bond acceptors (Lipinski definition) is 6. The third-order valence-electron chi connectivity index (χ3n) is 6.61. The number of hydrogen-bond donors (Lipinski definition) is 1. The predicted molar refractivity (Wildman–Crippen MR) is 105 cm³/mol. The lowest BCUT2D eigenvalue weighted by Gasteiger charge is -2.36. The summed E-state index contributed by atoms with van der Waals surface area (Å²) in [4.78, 5) is 40.1. The lowest BCUT2D eigenvalue weighted by Crippen LogP contribution is -2.57. The van der Waals surface area contributed by atoms with Crippen LogP contribution in [0.2, 0.25) is 0 Å². The van der Waals surface area contributed by atoms with Crippen molar-refractivity contribution in [2.45, 2.75) is 65.1 Å². The molecule has 3 fully saturated rings. The van der Waals surface area contributed by atoms with Gasteiger partial charge in [0.15, 0.2) is 0 Å². The maximum atomic E-state index is 13.6. The molecule has 0 aromatic heterocycles. The highest BCUT2D eigenvalue weighted by molar-refractivity contribution is 5.91. The molecule has 1 saturated carbocycles. The zero-order valence-corrected chi connectivity index (χ0v) is 18.3. The average molecular weight is 411 g/mol. The second-order valence-corrected chi connectivity index (χ2v) is 9.99. The summed E-state index contributed by atoms with van der Waals surface area (Å²) in [6.45, 7) is 11.2. The minimum atomic E-state index is -0.749. The molecule has 1 aliphatic carbocycles. The fourth-order valence-corrected chi connectivity index (χ4v) is 4.95. The highest BCUT2D eigenvalue weighted by atomic mass is 16.6. The summed E-state index contributed by atoms with van der Waals surface area (Å²) in [5.74, 6) is -0.323. The summed E-state index contributed by atoms with van der Waals surface area (Å²) in [6, 6.07) is -1.35. The van der Waals surface area contributed by atoms with E-state index >= 15 is 0 Å². The number of rotatable bonds is 4. The quantitative estimate of drug-likeness (QED) is 0.712. The van der Waals surface area contributed by atoms with E-state index in [0.717, 1.165) is 0 Å². The largest absolute Gasteiger partial charge is 0.467 e. The number of piperidine rings is 1. The second kappa shape index (κ2) is 7.78. The van der Waals surface area contributed by atoms with Gasteiger partial charge in [-0.05, 0) is 50.9 Å². The van der Waals surface area contributed by atoms with Crippen LogP contribution >= 0.6 is 0 Å². The number of likely N-dealkylation sites (tertiary alicyclic amines) is 1. The molecule has 3 aliphatic rings. The zero-order valence-electron chi connectivity index (χ0n) is 18.3. The standard InChI is InChI=1S/C21H34N2O6/c1-20(2,3)29-19(26)22-15(12-7-9-28-10-8-12)17(24)23-11-13-14(21(13,4)5)16(23)18(25)27-6/h12-16H,7-11H2,1-6H3,(H,22,26)/t13-,14-,15-,16-/m0/s1. The van der Waals surface area contributed by atoms with Crippen LogP contribution in [0.25, 0.3) is 0 Å². The summed E-state index contributed by atoms with van der Waals surface area (Å²) in [5, 5.41) is 2.79. The molecule has 0 unspecified atom stereocenters. The minimum absolute atomic E-state index is 0.0163. The first-order valence-electron chi connectivity index (χ1n) is 10.4. The maximum absolute atomic E-state index is 13.6. The molecule has 4 atom stereocenters. The van der Waals surface area contributed by atoms with Crippen LogP contribution in [-0.4, -0.2) is 67.4 Å². The number of carbonyl (C=O) groups is 3. The van der Waals surface area contributed by atoms with Crippen LogP contribution in [0.5, 0.6) is 0 Å². The summed E-state index contributed by atoms with van der Waals surface area (Å²) in [5.41, 5.74) is -0.649. The van der Waals surface area contributed by atoms with Gasteiger partial charge in [-0.15, -0.1) is 0 Å². The third-order valence-corrected chi connectivity index (χ3v) is 6.61. The van der Waals surface area contributed by atoms with E-state index in [4.69, 9.17) is 14.2 Å². The van der Waals surface area contributed by atoms with Crippen molar-refractivity contribution in [1.29, 1.82) is 0 Å². The third kappa shape index (κ3) is 4.37. The zero-order chi connectivity index (χ0) is 21.6. The predicted octanol–water partition coefficient (Wildman–Crippen LogP) is 1.96. The average Bonchev–Trinajstić information content (AvgIpc) is 3.00. The van der Waals surface area contributed by atoms with E-state index in [1.807, 2.05) is 0 Å². The molecule has 0 spiro atoms. The molecule has 0 aromatic rings. The number of alkyl carbamates (subject to hydrolysis) is 1. The first-order chi connectivity index (χ1) is 13.5. The van der Waals surface area contributed by atoms with Gasteiger partial charge in [-0.25, -0.2) is 9.59 Å². The molecule has 0 bridgehead atoms. The first-order valence-corrected chi connectivity index (χ1v) is 10.4. The van der Waals surface area contributed by atoms with Gasteiger partial charge in [-0.1, -0.05) is 13.8 Å². The Morgan fingerprint density at radius 2 is 1.79 bits per heavy atom. The van der Waals surface area contributed by atoms with Crippen molar-refractivity contribution in [3.63, 3.8) is 0 Å². The SMILES string of the molecule is COC(=O)[C@@H]1[C@@H]2[C@H](CN1C(=O)[C@@H](NC(=O)OC(C)(C)C)C1CCOCC1)C2(C)C. The molecule has 2 aliphatic heterocycles. The van der Waals surface area contributed by atoms with Crippen molar-refractivity contribution in [3.05, 3.63) is 0 Å². The Bertz CT molecular complexity index is 665. The Kier molecular flexibility index (Phi) is 5.87. The van der Waals surface area contributed by atoms with Crippen molar-refractivity contribution < 1.29 is 28.6 Å². The van der Waals surface area contributed by atoms with E-state index in [9.17, 15) is 14.4 Å². The van der Waals surface area contributed by atoms with E-state index in [0.29, 0.717) is 32.6 Å². The van der Waals surface area contributed by atoms with E-state index in [1.54, 1.807) is 25.7 Å². The number of amides is 2. The molecule has 0 aromatic carbocycles. The molecule has 29 heavy (non-hydrogen) atoms. The van der Waals surface area contributed by atoms with Crippen molar-refractivity contribution in [1.82, 2.24) is 10.2 Å². The molecular formula is C21H34N2O6. The van der Waals surface area contributed by atoms with Gasteiger partial charge < -0.3 is 24.4 Å². The van der Waals surface area contributed by atoms with Gasteiger partial charge in [-0.3, -0.25) is 4.79 Å². The van der Waals surface area contributed by atoms with Crippen LogP contribution in [0, 0.1) is 23.2 Å². The molecular weight excluding hydrogens is 376 g/mol. The lowest BCUT2D eigenvalue weighted by atomic mass is 9.90. The summed E-state index contributed by atoms with van der Waals surface area (Å²) in [6.07, 6.45) is 0.712. The van der Waals surface area contributed by atoms with Crippen LogP contribution in [0.3, 0.4) is 0 Å². The second-order valence-electron chi connectivity index (χ2n) is 9.99. The Morgan fingerprint density at radius 1 is 1.17 bits per heavy atom. The number of nitrogens with zero attached hydrogens (tertiary/aromatic N) is 1. The monoisotopic (exact) mass is 410 g/mol. The smallest absolute Gasteiger partial charge is 0.408 e. The van der Waals surface area contributed by atoms with E-state index in [-0.39, 0.29) is 35.0 Å². The van der Waals surface area contributed by atoms with Crippen LogP contribution in [-0.2, 0) is 23.8 Å². The van der Waals surface area contributed by atoms with Gasteiger partial charge in [0.2, 0.25) is 5.91 Å².